The first-order chi connectivity index (χ1) is 16.4. The number of nitrogens with two attached hydrogens (primary N) is 1. The zero-order valence-electron chi connectivity index (χ0n) is 18.5. The molecule has 9 nitrogen and oxygen atoms in total. The molecule has 3 heterocycles. The number of fused-ring (bicyclic) bond motifs is 2. The predicted molar refractivity (Wildman–Crippen MR) is 122 cm³/mol. The quantitative estimate of drug-likeness (QED) is 0.450. The number of anilines is 2. The van der Waals surface area contributed by atoms with Gasteiger partial charge in [-0.05, 0) is 30.2 Å². The minimum atomic E-state index is -0.816. The van der Waals surface area contributed by atoms with Gasteiger partial charge in [-0.1, -0.05) is 12.1 Å². The Morgan fingerprint density at radius 3 is 2.74 bits per heavy atom. The minimum absolute atomic E-state index is 0.0692. The van der Waals surface area contributed by atoms with E-state index in [1.54, 1.807) is 6.07 Å². The second kappa shape index (κ2) is 8.25. The highest BCUT2D eigenvalue weighted by molar-refractivity contribution is 6.04. The van der Waals surface area contributed by atoms with Gasteiger partial charge >= 0.3 is 6.01 Å². The number of hydrogen-bond donors (Lipinski definition) is 2. The highest BCUT2D eigenvalue weighted by Crippen LogP contribution is 2.34. The Morgan fingerprint density at radius 1 is 1.18 bits per heavy atom. The van der Waals surface area contributed by atoms with E-state index in [1.807, 2.05) is 18.0 Å². The Bertz CT molecular complexity index is 1440. The number of hydrogen-bond acceptors (Lipinski definition) is 7. The standard InChI is InChI=1S/C23H21F2N7O2/c1-31-7-6-15-20(27-11-12-4-3-5-13(24)8-12)29-22(30-21(15)31)32-17-10-14(25)9-16(19(26)33)18(17)28-23(32)34-2/h3-5,8-10H,6-7,11H2,1-2H3,(H2,26,33)(H,27,29,30). The molecule has 1 aliphatic heterocycles. The maximum Gasteiger partial charge on any atom is 0.304 e. The second-order valence-electron chi connectivity index (χ2n) is 7.95. The third-order valence-electron chi connectivity index (χ3n) is 5.72. The number of amides is 1. The molecule has 0 bridgehead atoms. The third kappa shape index (κ3) is 3.64. The largest absolute Gasteiger partial charge is 0.468 e. The smallest absolute Gasteiger partial charge is 0.304 e. The topological polar surface area (TPSA) is 111 Å². The van der Waals surface area contributed by atoms with Gasteiger partial charge in [-0.3, -0.25) is 4.79 Å². The minimum Gasteiger partial charge on any atom is -0.468 e. The van der Waals surface area contributed by atoms with Crippen LogP contribution in [0.3, 0.4) is 0 Å². The monoisotopic (exact) mass is 465 g/mol. The Labute approximate surface area is 193 Å². The predicted octanol–water partition coefficient (Wildman–Crippen LogP) is 2.81. The molecule has 3 N–H and O–H groups in total. The molecule has 0 saturated carbocycles. The molecule has 1 amide bonds. The fraction of sp³-hybridized carbons (Fsp3) is 0.217. The van der Waals surface area contributed by atoms with Crippen molar-refractivity contribution in [3.63, 3.8) is 0 Å². The van der Waals surface area contributed by atoms with Crippen LogP contribution in [0.5, 0.6) is 6.01 Å². The van der Waals surface area contributed by atoms with Crippen LogP contribution in [0.25, 0.3) is 17.0 Å². The lowest BCUT2D eigenvalue weighted by Gasteiger charge is -2.16. The number of rotatable bonds is 6. The SMILES string of the molecule is COc1nc2c(C(N)=O)cc(F)cc2n1-c1nc(NCc2cccc(F)c2)c2c(n1)N(C)CC2. The van der Waals surface area contributed by atoms with E-state index in [0.717, 1.165) is 30.2 Å². The number of nitrogens with one attached hydrogen (secondary N) is 1. The van der Waals surface area contributed by atoms with Gasteiger partial charge in [0.15, 0.2) is 0 Å². The Hall–Kier alpha value is -4.28. The van der Waals surface area contributed by atoms with E-state index < -0.39 is 11.7 Å². The first-order valence-electron chi connectivity index (χ1n) is 10.5. The molecule has 0 fully saturated rings. The molecule has 0 radical (unpaired) electrons. The number of benzene rings is 2. The molecule has 0 atom stereocenters. The van der Waals surface area contributed by atoms with E-state index in [4.69, 9.17) is 10.5 Å². The van der Waals surface area contributed by atoms with Crippen molar-refractivity contribution in [2.24, 2.45) is 5.73 Å². The van der Waals surface area contributed by atoms with Gasteiger partial charge in [0, 0.05) is 31.8 Å². The van der Waals surface area contributed by atoms with Crippen LogP contribution in [0.15, 0.2) is 36.4 Å². The molecule has 174 valence electrons. The van der Waals surface area contributed by atoms with Crippen molar-refractivity contribution in [2.45, 2.75) is 13.0 Å². The van der Waals surface area contributed by atoms with Gasteiger partial charge < -0.3 is 20.7 Å². The van der Waals surface area contributed by atoms with Gasteiger partial charge in [0.25, 0.3) is 5.91 Å². The van der Waals surface area contributed by atoms with Crippen molar-refractivity contribution in [3.05, 3.63) is 64.7 Å². The molecule has 1 aliphatic rings. The maximum absolute atomic E-state index is 14.4. The number of aromatic nitrogens is 4. The summed E-state index contributed by atoms with van der Waals surface area (Å²) in [6.45, 7) is 1.08. The third-order valence-corrected chi connectivity index (χ3v) is 5.72. The van der Waals surface area contributed by atoms with E-state index >= 15 is 0 Å². The number of imidazole rings is 1. The normalized spacial score (nSPS) is 12.8. The highest BCUT2D eigenvalue weighted by atomic mass is 19.1. The maximum atomic E-state index is 14.4. The molecule has 0 spiro atoms. The number of carbonyl (C=O) groups is 1. The molecule has 2 aromatic carbocycles. The molecule has 34 heavy (non-hydrogen) atoms. The van der Waals surface area contributed by atoms with Crippen LogP contribution in [0.2, 0.25) is 0 Å². The number of primary amides is 1. The molecule has 11 heteroatoms. The molecule has 2 aromatic heterocycles. The molecular formula is C23H21F2N7O2. The highest BCUT2D eigenvalue weighted by Gasteiger charge is 2.27. The van der Waals surface area contributed by atoms with E-state index in [0.29, 0.717) is 18.2 Å². The summed E-state index contributed by atoms with van der Waals surface area (Å²) in [7, 11) is 3.31. The van der Waals surface area contributed by atoms with Crippen molar-refractivity contribution in [1.82, 2.24) is 19.5 Å². The average molecular weight is 465 g/mol. The molecular weight excluding hydrogens is 444 g/mol. The summed E-state index contributed by atoms with van der Waals surface area (Å²) in [6, 6.07) is 8.60. The van der Waals surface area contributed by atoms with Crippen molar-refractivity contribution in [3.8, 4) is 12.0 Å². The fourth-order valence-corrected chi connectivity index (χ4v) is 4.11. The first kappa shape index (κ1) is 21.6. The van der Waals surface area contributed by atoms with Crippen molar-refractivity contribution in [2.75, 3.05) is 30.9 Å². The number of ether oxygens (including phenoxy) is 1. The van der Waals surface area contributed by atoms with E-state index in [-0.39, 0.29) is 34.4 Å². The number of likely N-dealkylation sites (N-methyl/N-ethyl adjacent to an activating group) is 1. The Balaban J connectivity index is 1.67. The lowest BCUT2D eigenvalue weighted by atomic mass is 10.1. The van der Waals surface area contributed by atoms with Crippen molar-refractivity contribution >= 4 is 28.6 Å². The van der Waals surface area contributed by atoms with Crippen LogP contribution >= 0.6 is 0 Å². The number of halogens is 2. The lowest BCUT2D eigenvalue weighted by molar-refractivity contribution is 0.100. The summed E-state index contributed by atoms with van der Waals surface area (Å²) in [5, 5.41) is 3.27. The molecule has 0 unspecified atom stereocenters. The van der Waals surface area contributed by atoms with Gasteiger partial charge in [0.05, 0.1) is 18.2 Å². The summed E-state index contributed by atoms with van der Waals surface area (Å²) < 4.78 is 34.9. The number of methoxy groups -OCH3 is 1. The van der Waals surface area contributed by atoms with E-state index in [2.05, 4.69) is 20.3 Å². The van der Waals surface area contributed by atoms with Crippen molar-refractivity contribution in [1.29, 1.82) is 0 Å². The van der Waals surface area contributed by atoms with Crippen LogP contribution in [0, 0.1) is 11.6 Å². The van der Waals surface area contributed by atoms with Gasteiger partial charge in [-0.2, -0.15) is 15.0 Å². The Morgan fingerprint density at radius 2 is 2.00 bits per heavy atom. The second-order valence-corrected chi connectivity index (χ2v) is 7.95. The fourth-order valence-electron chi connectivity index (χ4n) is 4.11. The van der Waals surface area contributed by atoms with Crippen LogP contribution in [-0.4, -0.2) is 46.1 Å². The summed E-state index contributed by atoms with van der Waals surface area (Å²) in [5.41, 5.74) is 7.44. The Kier molecular flexibility index (Phi) is 5.23. The van der Waals surface area contributed by atoms with Crippen LogP contribution in [-0.2, 0) is 13.0 Å². The van der Waals surface area contributed by atoms with Crippen molar-refractivity contribution < 1.29 is 18.3 Å². The van der Waals surface area contributed by atoms with E-state index in [1.165, 1.54) is 29.9 Å². The number of nitrogens with zero attached hydrogens (tertiary/aromatic N) is 5. The zero-order chi connectivity index (χ0) is 24.0. The van der Waals surface area contributed by atoms with Gasteiger partial charge in [0.2, 0.25) is 5.95 Å². The molecule has 0 saturated heterocycles. The van der Waals surface area contributed by atoms with Gasteiger partial charge in [-0.15, -0.1) is 0 Å². The zero-order valence-corrected chi connectivity index (χ0v) is 18.5. The first-order valence-corrected chi connectivity index (χ1v) is 10.5. The molecule has 0 aliphatic carbocycles. The summed E-state index contributed by atoms with van der Waals surface area (Å²) in [4.78, 5) is 27.6. The van der Waals surface area contributed by atoms with Crippen LogP contribution in [0.4, 0.5) is 20.4 Å². The molecule has 5 rings (SSSR count). The lowest BCUT2D eigenvalue weighted by Crippen LogP contribution is -2.16. The van der Waals surface area contributed by atoms with Crippen LogP contribution in [0.1, 0.15) is 21.5 Å². The molecule has 4 aromatic rings. The summed E-state index contributed by atoms with van der Waals surface area (Å²) in [5.74, 6) is -0.368. The van der Waals surface area contributed by atoms with Gasteiger partial charge in [0.1, 0.15) is 28.8 Å². The summed E-state index contributed by atoms with van der Waals surface area (Å²) >= 11 is 0. The summed E-state index contributed by atoms with van der Waals surface area (Å²) in [6.07, 6.45) is 0.722. The average Bonchev–Trinajstić information content (AvgIpc) is 3.37. The van der Waals surface area contributed by atoms with Crippen LogP contribution < -0.4 is 20.7 Å². The van der Waals surface area contributed by atoms with E-state index in [9.17, 15) is 13.6 Å². The number of carbonyl (C=O) groups excluding carboxylic acids is 1. The van der Waals surface area contributed by atoms with Gasteiger partial charge in [-0.25, -0.2) is 13.3 Å².